The van der Waals surface area contributed by atoms with Crippen LogP contribution in [0.15, 0.2) is 24.3 Å². The van der Waals surface area contributed by atoms with Crippen LogP contribution in [0.3, 0.4) is 0 Å². The van der Waals surface area contributed by atoms with Gasteiger partial charge in [-0.25, -0.2) is 9.59 Å². The molecule has 0 bridgehead atoms. The molecule has 2 unspecified atom stereocenters. The standard InChI is InChI=1S/C25H39NO5Si/c1-11-13-20(21(22(27)29-12-2)26-23(28)30-24(3,4)5)18-14-16-19(17-15-18)31-32(9,10)25(6,7)8/h1,14-17,20-21H,12-13H2,2-10H3,(H,26,28). The van der Waals surface area contributed by atoms with Gasteiger partial charge in [-0.15, -0.1) is 12.3 Å². The molecule has 1 aromatic carbocycles. The maximum absolute atomic E-state index is 12.7. The average molecular weight is 462 g/mol. The van der Waals surface area contributed by atoms with Gasteiger partial charge in [-0.2, -0.15) is 0 Å². The summed E-state index contributed by atoms with van der Waals surface area (Å²) in [7, 11) is -1.98. The summed E-state index contributed by atoms with van der Waals surface area (Å²) in [5.41, 5.74) is 0.104. The van der Waals surface area contributed by atoms with E-state index in [1.54, 1.807) is 27.7 Å². The zero-order valence-electron chi connectivity index (χ0n) is 21.0. The summed E-state index contributed by atoms with van der Waals surface area (Å²) in [6.07, 6.45) is 5.15. The van der Waals surface area contributed by atoms with E-state index in [9.17, 15) is 9.59 Å². The lowest BCUT2D eigenvalue weighted by Crippen LogP contribution is -2.47. The van der Waals surface area contributed by atoms with Gasteiger partial charge in [0.1, 0.15) is 17.4 Å². The molecule has 1 N–H and O–H groups in total. The Morgan fingerprint density at radius 1 is 1.09 bits per heavy atom. The maximum Gasteiger partial charge on any atom is 0.408 e. The molecule has 0 saturated carbocycles. The van der Waals surface area contributed by atoms with Gasteiger partial charge in [0.2, 0.25) is 8.32 Å². The molecule has 0 aromatic heterocycles. The molecule has 0 spiro atoms. The first-order valence-electron chi connectivity index (χ1n) is 11.0. The van der Waals surface area contributed by atoms with Gasteiger partial charge in [0.25, 0.3) is 0 Å². The van der Waals surface area contributed by atoms with Gasteiger partial charge in [0.05, 0.1) is 6.61 Å². The number of carbonyl (C=O) groups excluding carboxylic acids is 2. The summed E-state index contributed by atoms with van der Waals surface area (Å²) in [4.78, 5) is 25.1. The third kappa shape index (κ3) is 8.23. The Balaban J connectivity index is 3.21. The number of amides is 1. The van der Waals surface area contributed by atoms with Gasteiger partial charge >= 0.3 is 12.1 Å². The van der Waals surface area contributed by atoms with Crippen molar-refractivity contribution < 1.29 is 23.5 Å². The van der Waals surface area contributed by atoms with Crippen LogP contribution in [0.25, 0.3) is 0 Å². The highest BCUT2D eigenvalue weighted by Gasteiger charge is 2.39. The fourth-order valence-corrected chi connectivity index (χ4v) is 3.81. The second kappa shape index (κ2) is 10.9. The number of terminal acetylenes is 1. The number of alkyl carbamates (subject to hydrolysis) is 1. The van der Waals surface area contributed by atoms with Crippen molar-refractivity contribution in [3.05, 3.63) is 29.8 Å². The Labute approximate surface area is 194 Å². The molecular weight excluding hydrogens is 422 g/mol. The third-order valence-corrected chi connectivity index (χ3v) is 9.80. The second-order valence-corrected chi connectivity index (χ2v) is 15.0. The SMILES string of the molecule is C#CCC(c1ccc(O[Si](C)(C)C(C)(C)C)cc1)C(NC(=O)OC(C)(C)C)C(=O)OCC. The van der Waals surface area contributed by atoms with E-state index in [1.165, 1.54) is 0 Å². The minimum atomic E-state index is -1.98. The highest BCUT2D eigenvalue weighted by molar-refractivity contribution is 6.74. The monoisotopic (exact) mass is 461 g/mol. The zero-order valence-corrected chi connectivity index (χ0v) is 22.0. The van der Waals surface area contributed by atoms with Crippen molar-refractivity contribution in [2.45, 2.75) is 90.6 Å². The van der Waals surface area contributed by atoms with Gasteiger partial charge in [-0.05, 0) is 63.5 Å². The molecular formula is C25H39NO5Si. The number of hydrogen-bond donors (Lipinski definition) is 1. The molecule has 0 aliphatic heterocycles. The number of nitrogens with one attached hydrogen (secondary N) is 1. The van der Waals surface area contributed by atoms with Crippen LogP contribution in [-0.2, 0) is 14.3 Å². The Bertz CT molecular complexity index is 813. The van der Waals surface area contributed by atoms with E-state index in [1.807, 2.05) is 24.3 Å². The molecule has 0 heterocycles. The van der Waals surface area contributed by atoms with Crippen molar-refractivity contribution in [2.24, 2.45) is 0 Å². The van der Waals surface area contributed by atoms with Crippen molar-refractivity contribution in [1.29, 1.82) is 0 Å². The highest BCUT2D eigenvalue weighted by Crippen LogP contribution is 2.37. The van der Waals surface area contributed by atoms with Crippen molar-refractivity contribution in [1.82, 2.24) is 5.32 Å². The molecule has 2 atom stereocenters. The van der Waals surface area contributed by atoms with E-state index in [4.69, 9.17) is 20.3 Å². The van der Waals surface area contributed by atoms with Crippen molar-refractivity contribution in [2.75, 3.05) is 6.61 Å². The molecule has 0 aliphatic rings. The van der Waals surface area contributed by atoms with Gasteiger partial charge < -0.3 is 19.2 Å². The Hall–Kier alpha value is -2.46. The molecule has 0 fully saturated rings. The topological polar surface area (TPSA) is 73.9 Å². The average Bonchev–Trinajstić information content (AvgIpc) is 2.63. The summed E-state index contributed by atoms with van der Waals surface area (Å²) in [5.74, 6) is 2.35. The number of carbonyl (C=O) groups is 2. The minimum Gasteiger partial charge on any atom is -0.544 e. The largest absolute Gasteiger partial charge is 0.544 e. The van der Waals surface area contributed by atoms with Crippen LogP contribution in [0.5, 0.6) is 5.75 Å². The van der Waals surface area contributed by atoms with Gasteiger partial charge in [0.15, 0.2) is 0 Å². The van der Waals surface area contributed by atoms with Gasteiger partial charge in [0, 0.05) is 12.3 Å². The van der Waals surface area contributed by atoms with Crippen molar-refractivity contribution >= 4 is 20.4 Å². The molecule has 6 nitrogen and oxygen atoms in total. The third-order valence-electron chi connectivity index (χ3n) is 5.44. The van der Waals surface area contributed by atoms with Crippen LogP contribution in [0.1, 0.15) is 66.4 Å². The van der Waals surface area contributed by atoms with E-state index in [2.05, 4.69) is 45.1 Å². The molecule has 1 aromatic rings. The molecule has 178 valence electrons. The highest BCUT2D eigenvalue weighted by atomic mass is 28.4. The molecule has 0 aliphatic carbocycles. The fraction of sp³-hybridized carbons (Fsp3) is 0.600. The number of benzene rings is 1. The van der Waals surface area contributed by atoms with Crippen LogP contribution in [-0.4, -0.2) is 38.6 Å². The summed E-state index contributed by atoms with van der Waals surface area (Å²) < 4.78 is 16.9. The summed E-state index contributed by atoms with van der Waals surface area (Å²) in [6, 6.07) is 6.55. The molecule has 7 heteroatoms. The lowest BCUT2D eigenvalue weighted by Gasteiger charge is -2.36. The predicted octanol–water partition coefficient (Wildman–Crippen LogP) is 5.63. The zero-order chi connectivity index (χ0) is 24.7. The quantitative estimate of drug-likeness (QED) is 0.308. The smallest absolute Gasteiger partial charge is 0.408 e. The number of rotatable bonds is 8. The van der Waals surface area contributed by atoms with E-state index in [-0.39, 0.29) is 18.1 Å². The second-order valence-electron chi connectivity index (χ2n) is 10.3. The molecule has 1 amide bonds. The Morgan fingerprint density at radius 3 is 2.09 bits per heavy atom. The van der Waals surface area contributed by atoms with E-state index >= 15 is 0 Å². The number of hydrogen-bond acceptors (Lipinski definition) is 5. The Kier molecular flexibility index (Phi) is 9.40. The van der Waals surface area contributed by atoms with Crippen molar-refractivity contribution in [3.63, 3.8) is 0 Å². The first-order valence-corrected chi connectivity index (χ1v) is 13.9. The first-order chi connectivity index (χ1) is 14.6. The minimum absolute atomic E-state index is 0.0734. The Morgan fingerprint density at radius 2 is 1.66 bits per heavy atom. The number of ether oxygens (including phenoxy) is 2. The van der Waals surface area contributed by atoms with Crippen LogP contribution in [0, 0.1) is 12.3 Å². The summed E-state index contributed by atoms with van der Waals surface area (Å²) in [6.45, 7) is 18.1. The first kappa shape index (κ1) is 27.6. The lowest BCUT2D eigenvalue weighted by atomic mass is 9.88. The van der Waals surface area contributed by atoms with Crippen molar-refractivity contribution in [3.8, 4) is 18.1 Å². The predicted molar refractivity (Wildman–Crippen MR) is 130 cm³/mol. The lowest BCUT2D eigenvalue weighted by molar-refractivity contribution is -0.146. The molecule has 32 heavy (non-hydrogen) atoms. The van der Waals surface area contributed by atoms with Crippen LogP contribution in [0.2, 0.25) is 18.1 Å². The summed E-state index contributed by atoms with van der Waals surface area (Å²) in [5, 5.41) is 2.73. The van der Waals surface area contributed by atoms with E-state index in [0.29, 0.717) is 0 Å². The van der Waals surface area contributed by atoms with Crippen LogP contribution < -0.4 is 9.74 Å². The van der Waals surface area contributed by atoms with Gasteiger partial charge in [-0.1, -0.05) is 32.9 Å². The van der Waals surface area contributed by atoms with Crippen LogP contribution >= 0.6 is 0 Å². The molecule has 1 rings (SSSR count). The van der Waals surface area contributed by atoms with E-state index in [0.717, 1.165) is 11.3 Å². The van der Waals surface area contributed by atoms with Gasteiger partial charge in [-0.3, -0.25) is 0 Å². The fourth-order valence-electron chi connectivity index (χ4n) is 2.78. The maximum atomic E-state index is 12.7. The molecule has 0 saturated heterocycles. The summed E-state index contributed by atoms with van der Waals surface area (Å²) >= 11 is 0. The molecule has 0 radical (unpaired) electrons. The number of esters is 1. The van der Waals surface area contributed by atoms with E-state index < -0.39 is 37.9 Å². The normalized spacial score (nSPS) is 14.0. The van der Waals surface area contributed by atoms with Crippen LogP contribution in [0.4, 0.5) is 4.79 Å².